The van der Waals surface area contributed by atoms with E-state index in [9.17, 15) is 0 Å². The van der Waals surface area contributed by atoms with E-state index >= 15 is 0 Å². The molecule has 1 aliphatic carbocycles. The highest BCUT2D eigenvalue weighted by Crippen LogP contribution is 2.26. The normalized spacial score (nSPS) is 19.1. The van der Waals surface area contributed by atoms with Gasteiger partial charge in [0.2, 0.25) is 0 Å². The van der Waals surface area contributed by atoms with Crippen LogP contribution in [-0.4, -0.2) is 6.04 Å². The van der Waals surface area contributed by atoms with Gasteiger partial charge in [0.25, 0.3) is 0 Å². The minimum Gasteiger partial charge on any atom is -0.310 e. The highest BCUT2D eigenvalue weighted by molar-refractivity contribution is 9.10. The molecule has 1 aromatic carbocycles. The molecule has 1 aromatic rings. The smallest absolute Gasteiger partial charge is 0.0222 e. The molecule has 0 heterocycles. The first-order valence-electron chi connectivity index (χ1n) is 7.65. The minimum atomic E-state index is 0.631. The van der Waals surface area contributed by atoms with Gasteiger partial charge in [-0.15, -0.1) is 0 Å². The van der Waals surface area contributed by atoms with E-state index in [0.717, 1.165) is 12.5 Å². The van der Waals surface area contributed by atoms with Crippen LogP contribution in [0.5, 0.6) is 0 Å². The van der Waals surface area contributed by atoms with Crippen LogP contribution in [0.15, 0.2) is 22.7 Å². The summed E-state index contributed by atoms with van der Waals surface area (Å²) in [5, 5.41) is 3.73. The topological polar surface area (TPSA) is 12.0 Å². The first kappa shape index (κ1) is 15.1. The summed E-state index contributed by atoms with van der Waals surface area (Å²) in [5.41, 5.74) is 2.68. The quantitative estimate of drug-likeness (QED) is 0.750. The molecule has 0 aromatic heterocycles. The zero-order valence-electron chi connectivity index (χ0n) is 12.2. The minimum absolute atomic E-state index is 0.631. The summed E-state index contributed by atoms with van der Waals surface area (Å²) >= 11 is 3.67. The Morgan fingerprint density at radius 3 is 2.53 bits per heavy atom. The van der Waals surface area contributed by atoms with Gasteiger partial charge in [-0.3, -0.25) is 0 Å². The highest BCUT2D eigenvalue weighted by atomic mass is 79.9. The summed E-state index contributed by atoms with van der Waals surface area (Å²) in [4.78, 5) is 0. The number of rotatable bonds is 4. The molecule has 106 valence electrons. The molecule has 19 heavy (non-hydrogen) atoms. The van der Waals surface area contributed by atoms with Crippen molar-refractivity contribution < 1.29 is 0 Å². The Morgan fingerprint density at radius 2 is 1.89 bits per heavy atom. The molecular weight excluding hydrogens is 298 g/mol. The van der Waals surface area contributed by atoms with E-state index in [1.54, 1.807) is 0 Å². The largest absolute Gasteiger partial charge is 0.310 e. The van der Waals surface area contributed by atoms with Crippen molar-refractivity contribution >= 4 is 15.9 Å². The summed E-state index contributed by atoms with van der Waals surface area (Å²) in [6, 6.07) is 7.25. The Morgan fingerprint density at radius 1 is 1.21 bits per heavy atom. The molecule has 1 fully saturated rings. The fourth-order valence-corrected chi connectivity index (χ4v) is 3.68. The fourth-order valence-electron chi connectivity index (χ4n) is 3.04. The highest BCUT2D eigenvalue weighted by Gasteiger charge is 2.18. The standard InChI is InChI=1S/C17H26BrN/c1-13-9-10-16(17(18)11-13)12-19-14(2)15-7-5-3-4-6-8-15/h9-11,14-15,19H,3-8,12H2,1-2H3/t14-/m0/s1. The van der Waals surface area contributed by atoms with Gasteiger partial charge in [-0.1, -0.05) is 53.7 Å². The average molecular weight is 324 g/mol. The second kappa shape index (κ2) is 7.44. The van der Waals surface area contributed by atoms with Gasteiger partial charge in [-0.05, 0) is 49.8 Å². The first-order chi connectivity index (χ1) is 9.16. The van der Waals surface area contributed by atoms with Gasteiger partial charge in [-0.25, -0.2) is 0 Å². The molecule has 1 aliphatic rings. The molecule has 0 amide bonds. The van der Waals surface area contributed by atoms with Crippen molar-refractivity contribution in [1.82, 2.24) is 5.32 Å². The van der Waals surface area contributed by atoms with E-state index in [-0.39, 0.29) is 0 Å². The van der Waals surface area contributed by atoms with E-state index in [0.29, 0.717) is 6.04 Å². The van der Waals surface area contributed by atoms with Crippen LogP contribution in [0.3, 0.4) is 0 Å². The summed E-state index contributed by atoms with van der Waals surface area (Å²) < 4.78 is 1.23. The lowest BCUT2D eigenvalue weighted by atomic mass is 9.93. The molecule has 1 saturated carbocycles. The van der Waals surface area contributed by atoms with Crippen LogP contribution in [0.1, 0.15) is 56.6 Å². The molecule has 1 N–H and O–H groups in total. The third-order valence-electron chi connectivity index (χ3n) is 4.43. The van der Waals surface area contributed by atoms with Crippen LogP contribution in [0.2, 0.25) is 0 Å². The predicted octanol–water partition coefficient (Wildman–Crippen LogP) is 5.21. The van der Waals surface area contributed by atoms with Crippen molar-refractivity contribution in [3.63, 3.8) is 0 Å². The zero-order valence-corrected chi connectivity index (χ0v) is 13.8. The second-order valence-electron chi connectivity index (χ2n) is 6.02. The Kier molecular flexibility index (Phi) is 5.90. The fraction of sp³-hybridized carbons (Fsp3) is 0.647. The molecule has 1 atom stereocenters. The molecule has 0 saturated heterocycles. The van der Waals surface area contributed by atoms with Gasteiger partial charge in [0, 0.05) is 17.1 Å². The monoisotopic (exact) mass is 323 g/mol. The van der Waals surface area contributed by atoms with Crippen LogP contribution < -0.4 is 5.32 Å². The molecule has 0 aliphatic heterocycles. The first-order valence-corrected chi connectivity index (χ1v) is 8.44. The third kappa shape index (κ3) is 4.61. The molecular formula is C17H26BrN. The van der Waals surface area contributed by atoms with Crippen LogP contribution in [0, 0.1) is 12.8 Å². The van der Waals surface area contributed by atoms with E-state index in [1.165, 1.54) is 54.1 Å². The van der Waals surface area contributed by atoms with Gasteiger partial charge in [0.15, 0.2) is 0 Å². The number of hydrogen-bond acceptors (Lipinski definition) is 1. The summed E-state index contributed by atoms with van der Waals surface area (Å²) in [7, 11) is 0. The Balaban J connectivity index is 1.86. The number of benzene rings is 1. The van der Waals surface area contributed by atoms with Crippen LogP contribution in [0.4, 0.5) is 0 Å². The maximum absolute atomic E-state index is 3.73. The molecule has 0 unspecified atom stereocenters. The van der Waals surface area contributed by atoms with Crippen molar-refractivity contribution in [2.45, 2.75) is 65.0 Å². The number of aryl methyl sites for hydroxylation is 1. The van der Waals surface area contributed by atoms with Crippen molar-refractivity contribution in [2.75, 3.05) is 0 Å². The zero-order chi connectivity index (χ0) is 13.7. The van der Waals surface area contributed by atoms with Crippen molar-refractivity contribution in [1.29, 1.82) is 0 Å². The number of nitrogens with one attached hydrogen (secondary N) is 1. The lowest BCUT2D eigenvalue weighted by Gasteiger charge is -2.24. The van der Waals surface area contributed by atoms with Gasteiger partial charge in [0.05, 0.1) is 0 Å². The van der Waals surface area contributed by atoms with Crippen molar-refractivity contribution in [3.05, 3.63) is 33.8 Å². The van der Waals surface area contributed by atoms with Crippen LogP contribution in [0.25, 0.3) is 0 Å². The van der Waals surface area contributed by atoms with Crippen LogP contribution in [-0.2, 0) is 6.54 Å². The summed E-state index contributed by atoms with van der Waals surface area (Å²) in [6.07, 6.45) is 8.53. The lowest BCUT2D eigenvalue weighted by Crippen LogP contribution is -2.33. The third-order valence-corrected chi connectivity index (χ3v) is 5.17. The van der Waals surface area contributed by atoms with Gasteiger partial charge in [-0.2, -0.15) is 0 Å². The number of hydrogen-bond donors (Lipinski definition) is 1. The maximum Gasteiger partial charge on any atom is 0.0222 e. The molecule has 0 radical (unpaired) electrons. The Labute approximate surface area is 126 Å². The van der Waals surface area contributed by atoms with Gasteiger partial charge in [0.1, 0.15) is 0 Å². The summed E-state index contributed by atoms with van der Waals surface area (Å²) in [6.45, 7) is 5.47. The molecule has 2 heteroatoms. The second-order valence-corrected chi connectivity index (χ2v) is 6.87. The van der Waals surface area contributed by atoms with E-state index < -0.39 is 0 Å². The molecule has 0 bridgehead atoms. The average Bonchev–Trinajstić information content (AvgIpc) is 2.66. The molecule has 2 rings (SSSR count). The number of halogens is 1. The van der Waals surface area contributed by atoms with Crippen molar-refractivity contribution in [2.24, 2.45) is 5.92 Å². The maximum atomic E-state index is 3.73. The van der Waals surface area contributed by atoms with E-state index in [4.69, 9.17) is 0 Å². The van der Waals surface area contributed by atoms with Crippen LogP contribution >= 0.6 is 15.9 Å². The summed E-state index contributed by atoms with van der Waals surface area (Å²) in [5.74, 6) is 0.867. The van der Waals surface area contributed by atoms with E-state index in [2.05, 4.69) is 53.3 Å². The lowest BCUT2D eigenvalue weighted by molar-refractivity contribution is 0.336. The Bertz CT molecular complexity index is 394. The van der Waals surface area contributed by atoms with Gasteiger partial charge >= 0.3 is 0 Å². The van der Waals surface area contributed by atoms with Crippen molar-refractivity contribution in [3.8, 4) is 0 Å². The van der Waals surface area contributed by atoms with Gasteiger partial charge < -0.3 is 5.32 Å². The predicted molar refractivity (Wildman–Crippen MR) is 86.4 cm³/mol. The molecule has 1 nitrogen and oxygen atoms in total. The Hall–Kier alpha value is -0.340. The van der Waals surface area contributed by atoms with E-state index in [1.807, 2.05) is 0 Å². The SMILES string of the molecule is Cc1ccc(CN[C@@H](C)C2CCCCCC2)c(Br)c1. The molecule has 0 spiro atoms.